The Balaban J connectivity index is 2.08. The van der Waals surface area contributed by atoms with E-state index in [1.54, 1.807) is 0 Å². The third-order valence-corrected chi connectivity index (χ3v) is 3.32. The van der Waals surface area contributed by atoms with Crippen LogP contribution >= 0.6 is 0 Å². The van der Waals surface area contributed by atoms with E-state index in [2.05, 4.69) is 9.88 Å². The van der Waals surface area contributed by atoms with Crippen molar-refractivity contribution in [2.45, 2.75) is 38.3 Å². The second-order valence-electron chi connectivity index (χ2n) is 4.50. The highest BCUT2D eigenvalue weighted by Gasteiger charge is 2.24. The van der Waals surface area contributed by atoms with Gasteiger partial charge in [-0.15, -0.1) is 0 Å². The molecule has 1 saturated heterocycles. The van der Waals surface area contributed by atoms with Gasteiger partial charge < -0.3 is 15.1 Å². The Labute approximate surface area is 102 Å². The van der Waals surface area contributed by atoms with Gasteiger partial charge in [0.25, 0.3) is 0 Å². The van der Waals surface area contributed by atoms with Crippen LogP contribution in [0.3, 0.4) is 0 Å². The van der Waals surface area contributed by atoms with E-state index in [4.69, 9.17) is 10.2 Å². The van der Waals surface area contributed by atoms with E-state index in [-0.39, 0.29) is 13.2 Å². The van der Waals surface area contributed by atoms with E-state index in [0.717, 1.165) is 30.9 Å². The lowest BCUT2D eigenvalue weighted by Crippen LogP contribution is -2.30. The Morgan fingerprint density at radius 1 is 1.35 bits per heavy atom. The van der Waals surface area contributed by atoms with Crippen LogP contribution in [0.5, 0.6) is 0 Å². The van der Waals surface area contributed by atoms with Gasteiger partial charge in [-0.25, -0.2) is 4.98 Å². The highest BCUT2D eigenvalue weighted by molar-refractivity contribution is 5.41. The van der Waals surface area contributed by atoms with Crippen LogP contribution in [0.1, 0.15) is 31.4 Å². The number of anilines is 1. The van der Waals surface area contributed by atoms with Crippen LogP contribution in [0.15, 0.2) is 18.2 Å². The smallest absolute Gasteiger partial charge is 0.129 e. The fourth-order valence-corrected chi connectivity index (χ4v) is 2.48. The molecule has 1 atom stereocenters. The molecule has 4 nitrogen and oxygen atoms in total. The van der Waals surface area contributed by atoms with Crippen molar-refractivity contribution >= 4 is 5.82 Å². The van der Waals surface area contributed by atoms with Gasteiger partial charge in [0, 0.05) is 19.2 Å². The molecule has 0 amide bonds. The quantitative estimate of drug-likeness (QED) is 0.809. The predicted octanol–water partition coefficient (Wildman–Crippen LogP) is 1.32. The molecule has 2 heterocycles. The second-order valence-corrected chi connectivity index (χ2v) is 4.50. The van der Waals surface area contributed by atoms with Gasteiger partial charge in [-0.05, 0) is 37.8 Å². The highest BCUT2D eigenvalue weighted by Crippen LogP contribution is 2.26. The summed E-state index contributed by atoms with van der Waals surface area (Å²) < 4.78 is 0. The summed E-state index contributed by atoms with van der Waals surface area (Å²) in [5.74, 6) is 0.956. The fraction of sp³-hybridized carbons (Fsp3) is 0.615. The number of rotatable bonds is 5. The summed E-state index contributed by atoms with van der Waals surface area (Å²) in [7, 11) is 0. The molecule has 1 aliphatic rings. The third kappa shape index (κ3) is 2.96. The third-order valence-electron chi connectivity index (χ3n) is 3.32. The van der Waals surface area contributed by atoms with Crippen molar-refractivity contribution in [2.24, 2.45) is 0 Å². The van der Waals surface area contributed by atoms with Gasteiger partial charge in [-0.2, -0.15) is 0 Å². The van der Waals surface area contributed by atoms with Crippen molar-refractivity contribution in [2.75, 3.05) is 18.1 Å². The average molecular weight is 236 g/mol. The lowest BCUT2D eigenvalue weighted by atomic mass is 10.1. The van der Waals surface area contributed by atoms with Gasteiger partial charge in [-0.3, -0.25) is 0 Å². The Kier molecular flexibility index (Phi) is 4.34. The number of aromatic nitrogens is 1. The van der Waals surface area contributed by atoms with Crippen LogP contribution in [-0.2, 0) is 6.61 Å². The summed E-state index contributed by atoms with van der Waals surface area (Å²) in [5.41, 5.74) is 0.718. The molecular formula is C13H20N2O2. The Morgan fingerprint density at radius 3 is 3.00 bits per heavy atom. The van der Waals surface area contributed by atoms with Gasteiger partial charge in [0.15, 0.2) is 0 Å². The van der Waals surface area contributed by atoms with E-state index in [1.807, 2.05) is 18.2 Å². The van der Waals surface area contributed by atoms with E-state index in [0.29, 0.717) is 6.04 Å². The van der Waals surface area contributed by atoms with Crippen molar-refractivity contribution in [3.8, 4) is 0 Å². The molecule has 17 heavy (non-hydrogen) atoms. The van der Waals surface area contributed by atoms with E-state index in [9.17, 15) is 0 Å². The van der Waals surface area contributed by atoms with Gasteiger partial charge in [0.1, 0.15) is 5.82 Å². The summed E-state index contributed by atoms with van der Waals surface area (Å²) >= 11 is 0. The molecule has 1 aromatic heterocycles. The highest BCUT2D eigenvalue weighted by atomic mass is 16.3. The second kappa shape index (κ2) is 5.98. The minimum absolute atomic E-state index is 0.0109. The summed E-state index contributed by atoms with van der Waals surface area (Å²) in [6.45, 7) is 1.27. The fourth-order valence-electron chi connectivity index (χ4n) is 2.48. The van der Waals surface area contributed by atoms with Crippen LogP contribution in [0.25, 0.3) is 0 Å². The first kappa shape index (κ1) is 12.3. The van der Waals surface area contributed by atoms with Crippen LogP contribution in [0.4, 0.5) is 5.82 Å². The van der Waals surface area contributed by atoms with Gasteiger partial charge in [0.2, 0.25) is 0 Å². The van der Waals surface area contributed by atoms with Gasteiger partial charge in [0.05, 0.1) is 12.3 Å². The predicted molar refractivity (Wildman–Crippen MR) is 66.8 cm³/mol. The summed E-state index contributed by atoms with van der Waals surface area (Å²) in [5, 5.41) is 18.0. The van der Waals surface area contributed by atoms with Gasteiger partial charge >= 0.3 is 0 Å². The summed E-state index contributed by atoms with van der Waals surface area (Å²) in [4.78, 5) is 6.75. The lowest BCUT2D eigenvalue weighted by Gasteiger charge is -2.25. The minimum atomic E-state index is -0.0109. The molecule has 0 spiro atoms. The first-order chi connectivity index (χ1) is 8.35. The number of hydrogen-bond acceptors (Lipinski definition) is 4. The zero-order valence-electron chi connectivity index (χ0n) is 10.0. The Hall–Kier alpha value is -1.13. The summed E-state index contributed by atoms with van der Waals surface area (Å²) in [6.07, 6.45) is 4.22. The first-order valence-electron chi connectivity index (χ1n) is 6.29. The molecule has 2 rings (SSSR count). The molecule has 1 unspecified atom stereocenters. The maximum absolute atomic E-state index is 9.10. The van der Waals surface area contributed by atoms with Crippen molar-refractivity contribution in [3.05, 3.63) is 23.9 Å². The molecule has 0 bridgehead atoms. The normalized spacial score (nSPS) is 19.9. The number of aliphatic hydroxyl groups is 2. The minimum Gasteiger partial charge on any atom is -0.396 e. The number of hydrogen-bond donors (Lipinski definition) is 2. The van der Waals surface area contributed by atoms with Crippen LogP contribution in [-0.4, -0.2) is 34.4 Å². The largest absolute Gasteiger partial charge is 0.396 e. The number of pyridine rings is 1. The Bertz CT molecular complexity index is 357. The molecule has 4 heteroatoms. The zero-order chi connectivity index (χ0) is 12.1. The first-order valence-corrected chi connectivity index (χ1v) is 6.29. The molecular weight excluding hydrogens is 216 g/mol. The van der Waals surface area contributed by atoms with Crippen molar-refractivity contribution in [1.82, 2.24) is 4.98 Å². The molecule has 0 aliphatic carbocycles. The molecule has 1 aromatic rings. The molecule has 1 fully saturated rings. The van der Waals surface area contributed by atoms with Crippen molar-refractivity contribution in [3.63, 3.8) is 0 Å². The molecule has 0 aromatic carbocycles. The zero-order valence-corrected chi connectivity index (χ0v) is 10.0. The standard InChI is InChI=1S/C13H20N2O2/c16-9-3-6-12-5-2-8-15(12)13-7-1-4-11(10-17)14-13/h1,4,7,12,16-17H,2-3,5-6,8-10H2. The van der Waals surface area contributed by atoms with Crippen LogP contribution in [0, 0.1) is 0 Å². The molecule has 0 radical (unpaired) electrons. The van der Waals surface area contributed by atoms with E-state index < -0.39 is 0 Å². The average Bonchev–Trinajstić information content (AvgIpc) is 2.84. The number of nitrogens with zero attached hydrogens (tertiary/aromatic N) is 2. The van der Waals surface area contributed by atoms with Crippen molar-refractivity contribution in [1.29, 1.82) is 0 Å². The monoisotopic (exact) mass is 236 g/mol. The van der Waals surface area contributed by atoms with E-state index in [1.165, 1.54) is 12.8 Å². The molecule has 1 aliphatic heterocycles. The van der Waals surface area contributed by atoms with E-state index >= 15 is 0 Å². The SMILES string of the molecule is OCCCC1CCCN1c1cccc(CO)n1. The Morgan fingerprint density at radius 2 is 2.24 bits per heavy atom. The van der Waals surface area contributed by atoms with Crippen LogP contribution in [0.2, 0.25) is 0 Å². The van der Waals surface area contributed by atoms with Crippen molar-refractivity contribution < 1.29 is 10.2 Å². The molecule has 94 valence electrons. The summed E-state index contributed by atoms with van der Waals surface area (Å²) in [6, 6.07) is 6.26. The lowest BCUT2D eigenvalue weighted by molar-refractivity contribution is 0.276. The molecule has 2 N–H and O–H groups in total. The maximum Gasteiger partial charge on any atom is 0.129 e. The van der Waals surface area contributed by atoms with Gasteiger partial charge in [-0.1, -0.05) is 6.07 Å². The topological polar surface area (TPSA) is 56.6 Å². The number of aliphatic hydroxyl groups excluding tert-OH is 2. The van der Waals surface area contributed by atoms with Crippen LogP contribution < -0.4 is 4.90 Å². The maximum atomic E-state index is 9.10. The molecule has 0 saturated carbocycles.